The van der Waals surface area contributed by atoms with Crippen LogP contribution in [0.1, 0.15) is 25.5 Å². The standard InChI is InChI=1S/C14H17BrFNO2/c1-8-6-17(7-11(8)14(18)19)9(2)10-3-4-13(16)12(15)5-10/h3-5,8-9,11H,6-7H2,1-2H3,(H,18,19). The van der Waals surface area contributed by atoms with Gasteiger partial charge < -0.3 is 5.11 Å². The van der Waals surface area contributed by atoms with Crippen LogP contribution in [-0.2, 0) is 4.79 Å². The second-order valence-corrected chi connectivity index (χ2v) is 6.08. The zero-order valence-corrected chi connectivity index (χ0v) is 12.5. The van der Waals surface area contributed by atoms with Gasteiger partial charge in [-0.05, 0) is 46.5 Å². The number of carboxylic acids is 1. The summed E-state index contributed by atoms with van der Waals surface area (Å²) >= 11 is 3.18. The first-order chi connectivity index (χ1) is 8.90. The van der Waals surface area contributed by atoms with Crippen LogP contribution < -0.4 is 0 Å². The van der Waals surface area contributed by atoms with Crippen molar-refractivity contribution >= 4 is 21.9 Å². The van der Waals surface area contributed by atoms with Gasteiger partial charge in [0.05, 0.1) is 10.4 Å². The lowest BCUT2D eigenvalue weighted by atomic mass is 9.99. The van der Waals surface area contributed by atoms with E-state index in [-0.39, 0.29) is 23.7 Å². The maximum absolute atomic E-state index is 13.2. The van der Waals surface area contributed by atoms with E-state index in [1.807, 2.05) is 13.8 Å². The van der Waals surface area contributed by atoms with Gasteiger partial charge in [0.25, 0.3) is 0 Å². The van der Waals surface area contributed by atoms with Gasteiger partial charge in [-0.15, -0.1) is 0 Å². The third-order valence-electron chi connectivity index (χ3n) is 3.93. The van der Waals surface area contributed by atoms with Gasteiger partial charge >= 0.3 is 5.97 Å². The number of carbonyl (C=O) groups is 1. The molecule has 3 unspecified atom stereocenters. The molecule has 0 radical (unpaired) electrons. The molecule has 3 nitrogen and oxygen atoms in total. The maximum Gasteiger partial charge on any atom is 0.308 e. The quantitative estimate of drug-likeness (QED) is 0.924. The second kappa shape index (κ2) is 5.59. The van der Waals surface area contributed by atoms with Crippen LogP contribution in [0, 0.1) is 17.7 Å². The van der Waals surface area contributed by atoms with Gasteiger partial charge in [0, 0.05) is 19.1 Å². The molecular weight excluding hydrogens is 313 g/mol. The van der Waals surface area contributed by atoms with Gasteiger partial charge in [0.1, 0.15) is 5.82 Å². The summed E-state index contributed by atoms with van der Waals surface area (Å²) in [5, 5.41) is 9.15. The monoisotopic (exact) mass is 329 g/mol. The van der Waals surface area contributed by atoms with Crippen LogP contribution in [0.4, 0.5) is 4.39 Å². The number of nitrogens with zero attached hydrogens (tertiary/aromatic N) is 1. The molecule has 0 spiro atoms. The van der Waals surface area contributed by atoms with Crippen molar-refractivity contribution in [1.82, 2.24) is 4.90 Å². The van der Waals surface area contributed by atoms with Crippen molar-refractivity contribution < 1.29 is 14.3 Å². The number of benzene rings is 1. The highest BCUT2D eigenvalue weighted by Gasteiger charge is 2.36. The molecule has 19 heavy (non-hydrogen) atoms. The second-order valence-electron chi connectivity index (χ2n) is 5.23. The SMILES string of the molecule is CC1CN(C(C)c2ccc(F)c(Br)c2)CC1C(=O)O. The lowest BCUT2D eigenvalue weighted by Crippen LogP contribution is -2.26. The number of hydrogen-bond acceptors (Lipinski definition) is 2. The minimum Gasteiger partial charge on any atom is -0.481 e. The fourth-order valence-electron chi connectivity index (χ4n) is 2.63. The highest BCUT2D eigenvalue weighted by molar-refractivity contribution is 9.10. The molecule has 1 aliphatic heterocycles. The van der Waals surface area contributed by atoms with Gasteiger partial charge in [-0.2, -0.15) is 0 Å². The van der Waals surface area contributed by atoms with Crippen molar-refractivity contribution in [2.75, 3.05) is 13.1 Å². The average Bonchev–Trinajstić information content (AvgIpc) is 2.74. The van der Waals surface area contributed by atoms with Crippen molar-refractivity contribution in [3.63, 3.8) is 0 Å². The van der Waals surface area contributed by atoms with Crippen molar-refractivity contribution in [1.29, 1.82) is 0 Å². The van der Waals surface area contributed by atoms with Crippen molar-refractivity contribution in [3.8, 4) is 0 Å². The van der Waals surface area contributed by atoms with E-state index in [9.17, 15) is 9.18 Å². The summed E-state index contributed by atoms with van der Waals surface area (Å²) in [4.78, 5) is 13.3. The van der Waals surface area contributed by atoms with Gasteiger partial charge in [-0.25, -0.2) is 4.39 Å². The van der Waals surface area contributed by atoms with E-state index in [1.54, 1.807) is 12.1 Å². The molecule has 1 aliphatic rings. The Hall–Kier alpha value is -0.940. The molecule has 5 heteroatoms. The molecule has 104 valence electrons. The zero-order valence-electron chi connectivity index (χ0n) is 10.9. The molecule has 1 heterocycles. The molecule has 1 saturated heterocycles. The summed E-state index contributed by atoms with van der Waals surface area (Å²) in [5.41, 5.74) is 0.992. The predicted octanol–water partition coefficient (Wildman–Crippen LogP) is 3.30. The summed E-state index contributed by atoms with van der Waals surface area (Å²) in [7, 11) is 0. The summed E-state index contributed by atoms with van der Waals surface area (Å²) < 4.78 is 13.7. The van der Waals surface area contributed by atoms with Crippen molar-refractivity contribution in [2.24, 2.45) is 11.8 Å². The summed E-state index contributed by atoms with van der Waals surface area (Å²) in [6.07, 6.45) is 0. The minimum absolute atomic E-state index is 0.0868. The molecule has 0 saturated carbocycles. The normalized spacial score (nSPS) is 25.5. The fraction of sp³-hybridized carbons (Fsp3) is 0.500. The Bertz CT molecular complexity index is 494. The van der Waals surface area contributed by atoms with Crippen LogP contribution in [-0.4, -0.2) is 29.1 Å². The topological polar surface area (TPSA) is 40.5 Å². The molecule has 1 aromatic rings. The number of rotatable bonds is 3. The number of likely N-dealkylation sites (tertiary alicyclic amines) is 1. The highest BCUT2D eigenvalue weighted by atomic mass is 79.9. The van der Waals surface area contributed by atoms with E-state index in [0.717, 1.165) is 12.1 Å². The van der Waals surface area contributed by atoms with Gasteiger partial charge in [0.2, 0.25) is 0 Å². The first-order valence-electron chi connectivity index (χ1n) is 6.32. The van der Waals surface area contributed by atoms with Gasteiger partial charge in [0.15, 0.2) is 0 Å². The van der Waals surface area contributed by atoms with Crippen LogP contribution in [0.15, 0.2) is 22.7 Å². The van der Waals surface area contributed by atoms with Crippen LogP contribution in [0.2, 0.25) is 0 Å². The first kappa shape index (κ1) is 14.5. The maximum atomic E-state index is 13.2. The number of halogens is 2. The van der Waals surface area contributed by atoms with E-state index in [2.05, 4.69) is 20.8 Å². The van der Waals surface area contributed by atoms with Gasteiger partial charge in [-0.3, -0.25) is 9.69 Å². The first-order valence-corrected chi connectivity index (χ1v) is 7.11. The molecule has 1 aromatic carbocycles. The predicted molar refractivity (Wildman–Crippen MR) is 74.4 cm³/mol. The minimum atomic E-state index is -0.734. The molecular formula is C14H17BrFNO2. The molecule has 1 N–H and O–H groups in total. The zero-order chi connectivity index (χ0) is 14.2. The van der Waals surface area contributed by atoms with Crippen LogP contribution in [0.3, 0.4) is 0 Å². The van der Waals surface area contributed by atoms with E-state index in [4.69, 9.17) is 5.11 Å². The Morgan fingerprint density at radius 3 is 2.74 bits per heavy atom. The molecule has 0 aromatic heterocycles. The molecule has 0 aliphatic carbocycles. The smallest absolute Gasteiger partial charge is 0.308 e. The summed E-state index contributed by atoms with van der Waals surface area (Å²) in [6.45, 7) is 5.29. The van der Waals surface area contributed by atoms with E-state index in [1.165, 1.54) is 6.07 Å². The molecule has 1 fully saturated rings. The Morgan fingerprint density at radius 1 is 1.53 bits per heavy atom. The average molecular weight is 330 g/mol. The largest absolute Gasteiger partial charge is 0.481 e. The Kier molecular flexibility index (Phi) is 4.26. The van der Waals surface area contributed by atoms with E-state index in [0.29, 0.717) is 11.0 Å². The number of aliphatic carboxylic acids is 1. The Balaban J connectivity index is 2.14. The Labute approximate surface area is 120 Å². The Morgan fingerprint density at radius 2 is 2.21 bits per heavy atom. The lowest BCUT2D eigenvalue weighted by molar-refractivity contribution is -0.142. The van der Waals surface area contributed by atoms with Crippen LogP contribution >= 0.6 is 15.9 Å². The third-order valence-corrected chi connectivity index (χ3v) is 4.54. The van der Waals surface area contributed by atoms with Crippen LogP contribution in [0.25, 0.3) is 0 Å². The van der Waals surface area contributed by atoms with Crippen LogP contribution in [0.5, 0.6) is 0 Å². The highest BCUT2D eigenvalue weighted by Crippen LogP contribution is 2.32. The van der Waals surface area contributed by atoms with Crippen molar-refractivity contribution in [2.45, 2.75) is 19.9 Å². The molecule has 3 atom stereocenters. The van der Waals surface area contributed by atoms with E-state index < -0.39 is 5.97 Å². The lowest BCUT2D eigenvalue weighted by Gasteiger charge is -2.24. The fourth-order valence-corrected chi connectivity index (χ4v) is 3.02. The summed E-state index contributed by atoms with van der Waals surface area (Å²) in [6, 6.07) is 5.04. The number of carboxylic acid groups (broad SMARTS) is 1. The molecule has 2 rings (SSSR count). The third kappa shape index (κ3) is 2.98. The van der Waals surface area contributed by atoms with Gasteiger partial charge in [-0.1, -0.05) is 13.0 Å². The van der Waals surface area contributed by atoms with E-state index >= 15 is 0 Å². The van der Waals surface area contributed by atoms with Crippen molar-refractivity contribution in [3.05, 3.63) is 34.1 Å². The molecule has 0 bridgehead atoms. The number of hydrogen-bond donors (Lipinski definition) is 1. The molecule has 0 amide bonds. The summed E-state index contributed by atoms with van der Waals surface area (Å²) in [5.74, 6) is -1.19.